The average molecular weight is 686 g/mol. The van der Waals surface area contributed by atoms with Crippen LogP contribution < -0.4 is 0 Å². The summed E-state index contributed by atoms with van der Waals surface area (Å²) in [5.41, 5.74) is 6.93. The normalized spacial score (nSPS) is 14.4. The van der Waals surface area contributed by atoms with Gasteiger partial charge in [-0.2, -0.15) is 0 Å². The van der Waals surface area contributed by atoms with E-state index in [1.54, 1.807) is 24.3 Å². The summed E-state index contributed by atoms with van der Waals surface area (Å²) in [5.74, 6) is 7.35. The van der Waals surface area contributed by atoms with Gasteiger partial charge in [0.1, 0.15) is 11.5 Å². The van der Waals surface area contributed by atoms with Crippen molar-refractivity contribution in [1.29, 1.82) is 0 Å². The van der Waals surface area contributed by atoms with Gasteiger partial charge in [0.15, 0.2) is 5.78 Å². The van der Waals surface area contributed by atoms with Gasteiger partial charge in [-0.25, -0.2) is 0 Å². The van der Waals surface area contributed by atoms with Gasteiger partial charge in [0.05, 0.1) is 11.1 Å². The van der Waals surface area contributed by atoms with E-state index >= 15 is 0 Å². The first-order valence-electron chi connectivity index (χ1n) is 16.2. The van der Waals surface area contributed by atoms with Crippen molar-refractivity contribution in [2.24, 2.45) is 0 Å². The molecule has 0 spiro atoms. The van der Waals surface area contributed by atoms with E-state index < -0.39 is 5.92 Å². The van der Waals surface area contributed by atoms with Gasteiger partial charge in [-0.05, 0) is 83.4 Å². The Morgan fingerprint density at radius 3 is 1.74 bits per heavy atom. The number of Topliss-reactive ketones (excluding diaryl/α,β-unsaturated/α-hetero) is 1. The minimum Gasteiger partial charge on any atom is -0.455 e. The highest BCUT2D eigenvalue weighted by molar-refractivity contribution is 6.31. The van der Waals surface area contributed by atoms with E-state index in [1.807, 2.05) is 127 Å². The summed E-state index contributed by atoms with van der Waals surface area (Å²) in [6, 6.07) is 54.5. The standard InChI is InChI=1S/C46H30Cl2O2/c47-38-26-22-36(23-27-38)44(49)41(31-33-15-7-2-8-16-33)46-43(35-19-11-4-12-20-35)42(34-17-9-3-10-18-34)40(30-21-32-13-5-1-6-14-32)45(50-46)37-24-28-39(48)29-25-37/h1-20,22-29,31,42H/b41-31-. The molecule has 0 saturated heterocycles. The molecule has 0 fully saturated rings. The number of hydrogen-bond donors (Lipinski definition) is 0. The van der Waals surface area contributed by atoms with Crippen LogP contribution in [0.3, 0.4) is 0 Å². The van der Waals surface area contributed by atoms with E-state index in [0.29, 0.717) is 32.7 Å². The summed E-state index contributed by atoms with van der Waals surface area (Å²) in [5, 5.41) is 1.15. The largest absolute Gasteiger partial charge is 0.455 e. The first kappa shape index (κ1) is 32.7. The van der Waals surface area contributed by atoms with E-state index in [-0.39, 0.29) is 5.78 Å². The van der Waals surface area contributed by atoms with Gasteiger partial charge in [0, 0.05) is 38.2 Å². The first-order valence-corrected chi connectivity index (χ1v) is 17.0. The zero-order valence-corrected chi connectivity index (χ0v) is 28.4. The van der Waals surface area contributed by atoms with Crippen molar-refractivity contribution in [3.05, 3.63) is 230 Å². The summed E-state index contributed by atoms with van der Waals surface area (Å²) in [4.78, 5) is 14.8. The highest BCUT2D eigenvalue weighted by Gasteiger charge is 2.37. The van der Waals surface area contributed by atoms with Crippen molar-refractivity contribution in [2.45, 2.75) is 5.92 Å². The first-order chi connectivity index (χ1) is 24.5. The lowest BCUT2D eigenvalue weighted by molar-refractivity contribution is 0.103. The van der Waals surface area contributed by atoms with Gasteiger partial charge in [0.25, 0.3) is 0 Å². The average Bonchev–Trinajstić information content (AvgIpc) is 3.17. The molecular formula is C46H30Cl2O2. The van der Waals surface area contributed by atoms with Crippen molar-refractivity contribution < 1.29 is 9.53 Å². The van der Waals surface area contributed by atoms with Crippen LogP contribution in [0.15, 0.2) is 187 Å². The van der Waals surface area contributed by atoms with Crippen LogP contribution in [0.4, 0.5) is 0 Å². The van der Waals surface area contributed by atoms with Crippen LogP contribution in [-0.4, -0.2) is 5.78 Å². The monoisotopic (exact) mass is 684 g/mol. The quantitative estimate of drug-likeness (QED) is 0.0950. The molecule has 0 amide bonds. The lowest BCUT2D eigenvalue weighted by Crippen LogP contribution is -2.20. The predicted molar refractivity (Wildman–Crippen MR) is 206 cm³/mol. The fourth-order valence-corrected chi connectivity index (χ4v) is 6.28. The molecule has 1 atom stereocenters. The van der Waals surface area contributed by atoms with Crippen molar-refractivity contribution in [2.75, 3.05) is 0 Å². The molecule has 0 N–H and O–H groups in total. The van der Waals surface area contributed by atoms with E-state index in [0.717, 1.165) is 39.0 Å². The third kappa shape index (κ3) is 7.26. The molecule has 4 heteroatoms. The Hall–Kier alpha value is -5.85. The van der Waals surface area contributed by atoms with Crippen molar-refractivity contribution in [3.8, 4) is 11.8 Å². The number of allylic oxidation sites excluding steroid dienone is 3. The molecule has 0 radical (unpaired) electrons. The maximum atomic E-state index is 14.8. The molecule has 0 saturated carbocycles. The Kier molecular flexibility index (Phi) is 9.90. The molecule has 1 unspecified atom stereocenters. The van der Waals surface area contributed by atoms with Gasteiger partial charge in [0.2, 0.25) is 0 Å². The number of ketones is 1. The second kappa shape index (κ2) is 15.1. The van der Waals surface area contributed by atoms with E-state index in [2.05, 4.69) is 36.1 Å². The third-order valence-corrected chi connectivity index (χ3v) is 8.92. The molecule has 0 bridgehead atoms. The molecule has 2 nitrogen and oxygen atoms in total. The number of carbonyl (C=O) groups is 1. The van der Waals surface area contributed by atoms with Crippen molar-refractivity contribution >= 4 is 46.4 Å². The zero-order valence-electron chi connectivity index (χ0n) is 26.9. The van der Waals surface area contributed by atoms with Crippen LogP contribution in [0.1, 0.15) is 44.1 Å². The Morgan fingerprint density at radius 2 is 1.12 bits per heavy atom. The number of ether oxygens (including phenoxy) is 1. The Balaban J connectivity index is 1.57. The molecule has 0 aromatic heterocycles. The molecular weight excluding hydrogens is 655 g/mol. The van der Waals surface area contributed by atoms with Crippen LogP contribution in [-0.2, 0) is 4.74 Å². The van der Waals surface area contributed by atoms with Gasteiger partial charge >= 0.3 is 0 Å². The molecule has 1 heterocycles. The third-order valence-electron chi connectivity index (χ3n) is 8.42. The number of benzene rings is 6. The van der Waals surface area contributed by atoms with Crippen molar-refractivity contribution in [1.82, 2.24) is 0 Å². The number of carbonyl (C=O) groups excluding carboxylic acids is 1. The number of hydrogen-bond acceptors (Lipinski definition) is 2. The SMILES string of the molecule is O=C(/C(=C/c1ccccc1)C1=C(c2ccccc2)C(c2ccccc2)C(C#Cc2ccccc2)=C(c2ccc(Cl)cc2)O1)c1ccc(Cl)cc1. The molecule has 7 rings (SSSR count). The van der Waals surface area contributed by atoms with Gasteiger partial charge in [-0.3, -0.25) is 4.79 Å². The topological polar surface area (TPSA) is 26.3 Å². The zero-order chi connectivity index (χ0) is 34.3. The predicted octanol–water partition coefficient (Wildman–Crippen LogP) is 11.9. The fourth-order valence-electron chi connectivity index (χ4n) is 6.03. The highest BCUT2D eigenvalue weighted by Crippen LogP contribution is 2.50. The van der Waals surface area contributed by atoms with E-state index in [9.17, 15) is 4.79 Å². The number of rotatable bonds is 7. The van der Waals surface area contributed by atoms with Crippen LogP contribution in [0.25, 0.3) is 17.4 Å². The smallest absolute Gasteiger partial charge is 0.196 e. The van der Waals surface area contributed by atoms with Crippen LogP contribution in [0.2, 0.25) is 10.0 Å². The maximum absolute atomic E-state index is 14.8. The van der Waals surface area contributed by atoms with Crippen LogP contribution >= 0.6 is 23.2 Å². The van der Waals surface area contributed by atoms with E-state index in [4.69, 9.17) is 27.9 Å². The summed E-state index contributed by atoms with van der Waals surface area (Å²) in [6.45, 7) is 0. The van der Waals surface area contributed by atoms with Crippen molar-refractivity contribution in [3.63, 3.8) is 0 Å². The van der Waals surface area contributed by atoms with Gasteiger partial charge in [-0.15, -0.1) is 0 Å². The molecule has 50 heavy (non-hydrogen) atoms. The maximum Gasteiger partial charge on any atom is 0.196 e. The Labute approximate surface area is 302 Å². The lowest BCUT2D eigenvalue weighted by atomic mass is 9.76. The van der Waals surface area contributed by atoms with E-state index in [1.165, 1.54) is 0 Å². The fraction of sp³-hybridized carbons (Fsp3) is 0.0217. The Morgan fingerprint density at radius 1 is 0.580 bits per heavy atom. The minimum absolute atomic E-state index is 0.199. The molecule has 0 aliphatic carbocycles. The summed E-state index contributed by atoms with van der Waals surface area (Å²) >= 11 is 12.7. The van der Waals surface area contributed by atoms with Crippen LogP contribution in [0.5, 0.6) is 0 Å². The molecule has 6 aromatic carbocycles. The lowest BCUT2D eigenvalue weighted by Gasteiger charge is -2.33. The summed E-state index contributed by atoms with van der Waals surface area (Å²) in [7, 11) is 0. The van der Waals surface area contributed by atoms with Gasteiger partial charge < -0.3 is 4.74 Å². The second-order valence-corrected chi connectivity index (χ2v) is 12.6. The number of halogens is 2. The highest BCUT2D eigenvalue weighted by atomic mass is 35.5. The molecule has 1 aliphatic heterocycles. The molecule has 1 aliphatic rings. The minimum atomic E-state index is -0.401. The molecule has 6 aromatic rings. The Bertz CT molecular complexity index is 2280. The summed E-state index contributed by atoms with van der Waals surface area (Å²) < 4.78 is 7.13. The summed E-state index contributed by atoms with van der Waals surface area (Å²) in [6.07, 6.45) is 1.90. The van der Waals surface area contributed by atoms with Crippen LogP contribution in [0, 0.1) is 11.8 Å². The second-order valence-electron chi connectivity index (χ2n) is 11.7. The molecule has 240 valence electrons. The van der Waals surface area contributed by atoms with Gasteiger partial charge in [-0.1, -0.05) is 144 Å².